The van der Waals surface area contributed by atoms with Crippen molar-refractivity contribution in [3.05, 3.63) is 77.4 Å². The second-order valence-corrected chi connectivity index (χ2v) is 9.56. The van der Waals surface area contributed by atoms with Crippen LogP contribution in [0.2, 0.25) is 5.02 Å². The smallest absolute Gasteiger partial charge is 0.262 e. The molecule has 33 heavy (non-hydrogen) atoms. The van der Waals surface area contributed by atoms with Gasteiger partial charge in [-0.2, -0.15) is 0 Å². The molecule has 0 spiro atoms. The number of amides is 1. The fourth-order valence-corrected chi connectivity index (χ4v) is 4.77. The molecule has 0 radical (unpaired) electrons. The van der Waals surface area contributed by atoms with Gasteiger partial charge in [0.05, 0.1) is 22.7 Å². The first-order chi connectivity index (χ1) is 15.9. The number of carbonyl (C=O) groups excluding carboxylic acids is 1. The van der Waals surface area contributed by atoms with E-state index >= 15 is 0 Å². The summed E-state index contributed by atoms with van der Waals surface area (Å²) in [5.74, 6) is 1.10. The maximum atomic E-state index is 12.9. The van der Waals surface area contributed by atoms with Crippen LogP contribution >= 0.6 is 11.6 Å². The van der Waals surface area contributed by atoms with Crippen LogP contribution in [0.1, 0.15) is 10.4 Å². The molecule has 172 valence electrons. The van der Waals surface area contributed by atoms with Crippen molar-refractivity contribution in [3.63, 3.8) is 0 Å². The summed E-state index contributed by atoms with van der Waals surface area (Å²) in [6, 6.07) is 16.3. The van der Waals surface area contributed by atoms with E-state index in [0.29, 0.717) is 48.2 Å². The van der Waals surface area contributed by atoms with Crippen LogP contribution in [-0.4, -0.2) is 57.5 Å². The summed E-state index contributed by atoms with van der Waals surface area (Å²) in [6.45, 7) is 2.38. The minimum atomic E-state index is -3.83. The minimum Gasteiger partial charge on any atom is -0.495 e. The lowest BCUT2D eigenvalue weighted by Gasteiger charge is -2.35. The van der Waals surface area contributed by atoms with E-state index in [2.05, 4.69) is 14.6 Å². The number of piperazine rings is 1. The maximum absolute atomic E-state index is 12.9. The van der Waals surface area contributed by atoms with Crippen molar-refractivity contribution in [2.75, 3.05) is 42.9 Å². The third-order valence-corrected chi connectivity index (χ3v) is 6.97. The molecule has 0 unspecified atom stereocenters. The number of hydrogen-bond donors (Lipinski definition) is 1. The Morgan fingerprint density at radius 2 is 1.70 bits per heavy atom. The molecule has 0 aliphatic carbocycles. The van der Waals surface area contributed by atoms with Crippen molar-refractivity contribution in [1.82, 2.24) is 9.88 Å². The topological polar surface area (TPSA) is 91.8 Å². The number of nitrogens with one attached hydrogen (secondary N) is 1. The molecule has 1 aliphatic rings. The van der Waals surface area contributed by atoms with E-state index in [9.17, 15) is 13.2 Å². The lowest BCUT2D eigenvalue weighted by molar-refractivity contribution is 0.0746. The van der Waals surface area contributed by atoms with Crippen molar-refractivity contribution in [2.45, 2.75) is 4.90 Å². The van der Waals surface area contributed by atoms with Crippen molar-refractivity contribution >= 4 is 39.0 Å². The summed E-state index contributed by atoms with van der Waals surface area (Å²) in [7, 11) is -2.36. The van der Waals surface area contributed by atoms with Crippen LogP contribution < -0.4 is 14.4 Å². The van der Waals surface area contributed by atoms with E-state index < -0.39 is 10.0 Å². The van der Waals surface area contributed by atoms with Gasteiger partial charge in [-0.15, -0.1) is 0 Å². The molecule has 1 amide bonds. The van der Waals surface area contributed by atoms with Crippen molar-refractivity contribution < 1.29 is 17.9 Å². The predicted octanol–water partition coefficient (Wildman–Crippen LogP) is 3.51. The second-order valence-electron chi connectivity index (χ2n) is 7.44. The highest BCUT2D eigenvalue weighted by atomic mass is 35.5. The van der Waals surface area contributed by atoms with E-state index in [1.54, 1.807) is 41.4 Å². The number of anilines is 2. The van der Waals surface area contributed by atoms with Crippen LogP contribution in [0.4, 0.5) is 11.5 Å². The number of aromatic nitrogens is 1. The number of hydrogen-bond acceptors (Lipinski definition) is 6. The van der Waals surface area contributed by atoms with E-state index in [1.165, 1.54) is 31.4 Å². The normalized spacial score (nSPS) is 14.1. The molecule has 1 saturated heterocycles. The van der Waals surface area contributed by atoms with Gasteiger partial charge in [0, 0.05) is 37.9 Å². The molecule has 3 aromatic rings. The molecule has 10 heteroatoms. The van der Waals surface area contributed by atoms with Crippen LogP contribution in [-0.2, 0) is 10.0 Å². The quantitative estimate of drug-likeness (QED) is 0.573. The van der Waals surface area contributed by atoms with Crippen molar-refractivity contribution in [2.24, 2.45) is 0 Å². The first-order valence-corrected chi connectivity index (χ1v) is 12.2. The summed E-state index contributed by atoms with van der Waals surface area (Å²) in [4.78, 5) is 21.1. The number of methoxy groups -OCH3 is 1. The van der Waals surface area contributed by atoms with Gasteiger partial charge in [0.15, 0.2) is 0 Å². The zero-order valence-electron chi connectivity index (χ0n) is 17.9. The molecule has 1 aliphatic heterocycles. The predicted molar refractivity (Wildman–Crippen MR) is 128 cm³/mol. The fourth-order valence-electron chi connectivity index (χ4n) is 3.59. The minimum absolute atomic E-state index is 0.0589. The van der Waals surface area contributed by atoms with Gasteiger partial charge in [-0.05, 0) is 48.5 Å². The highest BCUT2D eigenvalue weighted by Crippen LogP contribution is 2.26. The highest BCUT2D eigenvalue weighted by molar-refractivity contribution is 7.92. The summed E-state index contributed by atoms with van der Waals surface area (Å²) in [6.07, 6.45) is 1.60. The van der Waals surface area contributed by atoms with Gasteiger partial charge in [0.2, 0.25) is 0 Å². The Balaban J connectivity index is 1.40. The Kier molecular flexibility index (Phi) is 6.71. The molecular weight excluding hydrogens is 464 g/mol. The van der Waals surface area contributed by atoms with Gasteiger partial charge in [-0.3, -0.25) is 9.52 Å². The summed E-state index contributed by atoms with van der Waals surface area (Å²) in [5.41, 5.74) is 0.775. The highest BCUT2D eigenvalue weighted by Gasteiger charge is 2.24. The molecule has 1 aromatic heterocycles. The summed E-state index contributed by atoms with van der Waals surface area (Å²) in [5, 5.41) is 0.580. The van der Waals surface area contributed by atoms with Crippen LogP contribution in [0.25, 0.3) is 0 Å². The number of pyridine rings is 1. The molecule has 4 rings (SSSR count). The van der Waals surface area contributed by atoms with E-state index in [1.807, 2.05) is 6.07 Å². The summed E-state index contributed by atoms with van der Waals surface area (Å²) >= 11 is 5.90. The fraction of sp³-hybridized carbons (Fsp3) is 0.217. The Morgan fingerprint density at radius 3 is 2.33 bits per heavy atom. The summed E-state index contributed by atoms with van der Waals surface area (Å²) < 4.78 is 33.2. The third kappa shape index (κ3) is 5.20. The van der Waals surface area contributed by atoms with Gasteiger partial charge in [0.1, 0.15) is 11.6 Å². The third-order valence-electron chi connectivity index (χ3n) is 5.37. The number of para-hydroxylation sites is 2. The van der Waals surface area contributed by atoms with Gasteiger partial charge < -0.3 is 14.5 Å². The molecule has 8 nitrogen and oxygen atoms in total. The zero-order chi connectivity index (χ0) is 23.4. The average Bonchev–Trinajstić information content (AvgIpc) is 2.84. The van der Waals surface area contributed by atoms with Crippen molar-refractivity contribution in [3.8, 4) is 5.75 Å². The Labute approximate surface area is 197 Å². The molecule has 1 N–H and O–H groups in total. The Bertz CT molecular complexity index is 1230. The number of halogens is 1. The monoisotopic (exact) mass is 486 g/mol. The second kappa shape index (κ2) is 9.68. The Morgan fingerprint density at radius 1 is 1.00 bits per heavy atom. The molecule has 1 fully saturated rings. The number of rotatable bonds is 6. The molecule has 2 aromatic carbocycles. The Hall–Kier alpha value is -3.30. The lowest BCUT2D eigenvalue weighted by atomic mass is 10.2. The van der Waals surface area contributed by atoms with Gasteiger partial charge in [0.25, 0.3) is 15.9 Å². The zero-order valence-corrected chi connectivity index (χ0v) is 19.5. The standard InChI is InChI=1S/C23H23ClN4O4S/c1-32-21-5-3-2-4-20(21)26-33(30,31)19-9-6-17(7-10-19)23(29)28-14-12-27(13-15-28)22-11-8-18(24)16-25-22/h2-11,16,26H,12-15H2,1H3. The molecule has 2 heterocycles. The van der Waals surface area contributed by atoms with Gasteiger partial charge in [-0.1, -0.05) is 23.7 Å². The number of ether oxygens (including phenoxy) is 1. The molecule has 0 atom stereocenters. The number of nitrogens with zero attached hydrogens (tertiary/aromatic N) is 3. The van der Waals surface area contributed by atoms with E-state index in [4.69, 9.17) is 16.3 Å². The average molecular weight is 487 g/mol. The number of benzene rings is 2. The van der Waals surface area contributed by atoms with E-state index in [0.717, 1.165) is 5.82 Å². The van der Waals surface area contributed by atoms with Crippen LogP contribution in [0.15, 0.2) is 71.8 Å². The first kappa shape index (κ1) is 22.9. The SMILES string of the molecule is COc1ccccc1NS(=O)(=O)c1ccc(C(=O)N2CCN(c3ccc(Cl)cn3)CC2)cc1. The first-order valence-electron chi connectivity index (χ1n) is 10.3. The number of carbonyl (C=O) groups is 1. The van der Waals surface area contributed by atoms with E-state index in [-0.39, 0.29) is 10.8 Å². The van der Waals surface area contributed by atoms with Crippen LogP contribution in [0.3, 0.4) is 0 Å². The van der Waals surface area contributed by atoms with Crippen molar-refractivity contribution in [1.29, 1.82) is 0 Å². The lowest BCUT2D eigenvalue weighted by Crippen LogP contribution is -2.49. The van der Waals surface area contributed by atoms with Gasteiger partial charge >= 0.3 is 0 Å². The largest absolute Gasteiger partial charge is 0.495 e. The molecular formula is C23H23ClN4O4S. The molecule has 0 bridgehead atoms. The van der Waals surface area contributed by atoms with Crippen LogP contribution in [0.5, 0.6) is 5.75 Å². The molecule has 0 saturated carbocycles. The van der Waals surface area contributed by atoms with Crippen LogP contribution in [0, 0.1) is 0 Å². The maximum Gasteiger partial charge on any atom is 0.262 e. The number of sulfonamides is 1. The van der Waals surface area contributed by atoms with Gasteiger partial charge in [-0.25, -0.2) is 13.4 Å².